The van der Waals surface area contributed by atoms with Gasteiger partial charge >= 0.3 is 6.85 Å². The molecule has 0 saturated heterocycles. The lowest BCUT2D eigenvalue weighted by Crippen LogP contribution is -2.56. The maximum Gasteiger partial charge on any atom is 0.333 e. The van der Waals surface area contributed by atoms with Crippen molar-refractivity contribution in [2.45, 2.75) is 30.6 Å². The molecule has 5 heterocycles. The number of para-hydroxylation sites is 1. The largest absolute Gasteiger partial charge is 0.455 e. The van der Waals surface area contributed by atoms with Gasteiger partial charge in [-0.15, -0.1) is 23.5 Å². The Labute approximate surface area is 365 Å². The molecule has 0 spiro atoms. The summed E-state index contributed by atoms with van der Waals surface area (Å²) in [4.78, 5) is 2.50. The van der Waals surface area contributed by atoms with Gasteiger partial charge in [0.25, 0.3) is 0 Å². The lowest BCUT2D eigenvalue weighted by molar-refractivity contribution is 0.672. The Morgan fingerprint density at radius 3 is 2.31 bits per heavy atom. The molecule has 0 unspecified atom stereocenters. The van der Waals surface area contributed by atoms with E-state index in [1.165, 1.54) is 70.4 Å². The van der Waals surface area contributed by atoms with Crippen molar-refractivity contribution in [1.29, 1.82) is 5.26 Å². The first-order valence-electron chi connectivity index (χ1n) is 20.4. The zero-order valence-corrected chi connectivity index (χ0v) is 36.5. The van der Waals surface area contributed by atoms with Crippen LogP contribution in [0.15, 0.2) is 155 Å². The Kier molecular flexibility index (Phi) is 9.40. The summed E-state index contributed by atoms with van der Waals surface area (Å²) in [6, 6.07) is 35.3. The minimum absolute atomic E-state index is 0.112. The van der Waals surface area contributed by atoms with Crippen LogP contribution < -0.4 is 10.9 Å². The van der Waals surface area contributed by atoms with E-state index in [1.54, 1.807) is 29.6 Å². The van der Waals surface area contributed by atoms with Gasteiger partial charge in [0.15, 0.2) is 0 Å². The van der Waals surface area contributed by atoms with Crippen LogP contribution in [0.5, 0.6) is 0 Å². The monoisotopic (exact) mass is 823 g/mol. The molecule has 0 aliphatic carbocycles. The molecule has 11 rings (SSSR count). The molecule has 0 saturated carbocycles. The number of thioether (sulfide) groups is 2. The molecule has 2 aliphatic heterocycles. The number of aromatic nitrogens is 2. The summed E-state index contributed by atoms with van der Waals surface area (Å²) in [6.45, 7) is 17.8. The molecule has 0 fully saturated rings. The first kappa shape index (κ1) is 38.6. The van der Waals surface area contributed by atoms with Crippen LogP contribution in [0.3, 0.4) is 0 Å². The van der Waals surface area contributed by atoms with Crippen LogP contribution in [0.25, 0.3) is 94.7 Å². The molecule has 0 radical (unpaired) electrons. The van der Waals surface area contributed by atoms with E-state index in [2.05, 4.69) is 146 Å². The highest BCUT2D eigenvalue weighted by Gasteiger charge is 2.44. The Hall–Kier alpha value is -6.59. The van der Waals surface area contributed by atoms with Crippen molar-refractivity contribution >= 4 is 108 Å². The van der Waals surface area contributed by atoms with Crippen LogP contribution in [0.4, 0.5) is 0 Å². The van der Waals surface area contributed by atoms with Gasteiger partial charge < -0.3 is 13.5 Å². The Bertz CT molecular complexity index is 3490. The van der Waals surface area contributed by atoms with Gasteiger partial charge in [-0.25, -0.2) is 0 Å². The van der Waals surface area contributed by atoms with Gasteiger partial charge in [0, 0.05) is 59.4 Å². The first-order chi connectivity index (χ1) is 29.8. The Morgan fingerprint density at radius 2 is 1.62 bits per heavy atom. The molecule has 6 aromatic carbocycles. The highest BCUT2D eigenvalue weighted by atomic mass is 32.2. The fourth-order valence-electron chi connectivity index (χ4n) is 9.84. The number of nitrogens with zero attached hydrogens (tertiary/aromatic N) is 3. The predicted molar refractivity (Wildman–Crippen MR) is 267 cm³/mol. The minimum atomic E-state index is -0.112. The van der Waals surface area contributed by atoms with Crippen LogP contribution in [0.1, 0.15) is 36.2 Å². The van der Waals surface area contributed by atoms with Crippen LogP contribution in [0, 0.1) is 18.3 Å². The fourth-order valence-corrected chi connectivity index (χ4v) is 10.8. The molecule has 4 nitrogen and oxygen atoms in total. The van der Waals surface area contributed by atoms with Gasteiger partial charge in [0.1, 0.15) is 11.2 Å². The highest BCUT2D eigenvalue weighted by molar-refractivity contribution is 7.98. The number of allylic oxidation sites excluding steroid dienone is 5. The third kappa shape index (κ3) is 5.63. The Morgan fingerprint density at radius 1 is 0.852 bits per heavy atom. The Balaban J connectivity index is 0.000000589. The maximum absolute atomic E-state index is 9.69. The summed E-state index contributed by atoms with van der Waals surface area (Å²) in [7, 11) is 0. The highest BCUT2D eigenvalue weighted by Crippen LogP contribution is 2.50. The standard InChI is InChI=1S/C47H32BN3OS2.C7H10/c1-6-10-31-38(7-2)51-46-36(22-35-30-11-8-9-12-41(30)52-47(35)43(31)46)42-25(3)32(27-15-13-26(24-49)14-16-27)23-40-44(42)48(51)37-21-29(54-5)20-34-33-19-28(53-4)17-18-39(33)50(40)45(34)37;1-4-5-6-7(2)3/h6-23H,2H2,1,3-5H3;4-6H,1-2H2,3H3/b10-6-;6-5-. The van der Waals surface area contributed by atoms with E-state index in [-0.39, 0.29) is 6.85 Å². The molecular weight excluding hydrogens is 782 g/mol. The number of fused-ring (bicyclic) bond motifs is 11. The maximum atomic E-state index is 9.69. The summed E-state index contributed by atoms with van der Waals surface area (Å²) >= 11 is 3.58. The van der Waals surface area contributed by atoms with E-state index in [1.807, 2.05) is 43.4 Å². The molecule has 3 aromatic heterocycles. The van der Waals surface area contributed by atoms with E-state index < -0.39 is 0 Å². The SMILES string of the molecule is C=C/C=C\C(=C)C.C=Cc1c(/C=C\C)c2c3oc4ccccc4c3cc3c2n1B1c2c(cc(-c4ccc(C#N)cc4)c(C)c2-3)-n2c3ccc(SC)cc3c3cc(SC)cc1c32. The molecule has 7 heteroatoms. The second-order valence-corrected chi connectivity index (χ2v) is 17.5. The molecule has 2 aliphatic rings. The molecule has 0 bridgehead atoms. The van der Waals surface area contributed by atoms with Gasteiger partial charge in [-0.1, -0.05) is 86.0 Å². The van der Waals surface area contributed by atoms with E-state index in [0.717, 1.165) is 55.3 Å². The third-order valence-electron chi connectivity index (χ3n) is 12.3. The summed E-state index contributed by atoms with van der Waals surface area (Å²) in [6.07, 6.45) is 16.2. The van der Waals surface area contributed by atoms with Crippen molar-refractivity contribution in [2.75, 3.05) is 12.5 Å². The van der Waals surface area contributed by atoms with Crippen molar-refractivity contribution in [3.05, 3.63) is 163 Å². The number of nitriles is 1. The van der Waals surface area contributed by atoms with Crippen LogP contribution in [-0.2, 0) is 0 Å². The second kappa shape index (κ2) is 14.8. The van der Waals surface area contributed by atoms with E-state index in [0.29, 0.717) is 5.56 Å². The zero-order valence-electron chi connectivity index (χ0n) is 34.9. The molecule has 0 amide bonds. The molecular formula is C54H42BN3OS2. The number of rotatable bonds is 7. The smallest absolute Gasteiger partial charge is 0.333 e. The lowest BCUT2D eigenvalue weighted by atomic mass is 9.45. The van der Waals surface area contributed by atoms with Gasteiger partial charge in [0.2, 0.25) is 0 Å². The average Bonchev–Trinajstić information content (AvgIpc) is 3.94. The van der Waals surface area contributed by atoms with Gasteiger partial charge in [0.05, 0.1) is 28.1 Å². The summed E-state index contributed by atoms with van der Waals surface area (Å²) in [5.41, 5.74) is 19.1. The second-order valence-electron chi connectivity index (χ2n) is 15.7. The number of hydrogen-bond acceptors (Lipinski definition) is 4. The summed E-state index contributed by atoms with van der Waals surface area (Å²) in [5, 5.41) is 15.6. The predicted octanol–water partition coefficient (Wildman–Crippen LogP) is 13.9. The van der Waals surface area contributed by atoms with Crippen LogP contribution >= 0.6 is 23.5 Å². The van der Waals surface area contributed by atoms with Crippen molar-refractivity contribution in [1.82, 2.24) is 9.05 Å². The molecule has 294 valence electrons. The summed E-state index contributed by atoms with van der Waals surface area (Å²) in [5.74, 6) is 0. The lowest BCUT2D eigenvalue weighted by Gasteiger charge is -2.36. The average molecular weight is 824 g/mol. The fraction of sp³-hybridized carbons (Fsp3) is 0.0926. The van der Waals surface area contributed by atoms with E-state index in [4.69, 9.17) is 4.42 Å². The molecule has 0 atom stereocenters. The number of furan rings is 1. The third-order valence-corrected chi connectivity index (χ3v) is 13.7. The van der Waals surface area contributed by atoms with E-state index in [9.17, 15) is 5.26 Å². The van der Waals surface area contributed by atoms with Gasteiger partial charge in [-0.3, -0.25) is 0 Å². The topological polar surface area (TPSA) is 46.8 Å². The quantitative estimate of drug-likeness (QED) is 0.0912. The zero-order chi connectivity index (χ0) is 42.3. The van der Waals surface area contributed by atoms with Crippen molar-refractivity contribution in [3.8, 4) is 34.0 Å². The van der Waals surface area contributed by atoms with Gasteiger partial charge in [-0.2, -0.15) is 5.26 Å². The minimum Gasteiger partial charge on any atom is -0.455 e. The number of hydrogen-bond donors (Lipinski definition) is 0. The van der Waals surface area contributed by atoms with Crippen molar-refractivity contribution in [3.63, 3.8) is 0 Å². The van der Waals surface area contributed by atoms with Crippen LogP contribution in [0.2, 0.25) is 0 Å². The molecule has 61 heavy (non-hydrogen) atoms. The molecule has 9 aromatic rings. The summed E-state index contributed by atoms with van der Waals surface area (Å²) < 4.78 is 11.9. The van der Waals surface area contributed by atoms with Crippen LogP contribution in [-0.4, -0.2) is 28.4 Å². The van der Waals surface area contributed by atoms with E-state index >= 15 is 0 Å². The van der Waals surface area contributed by atoms with Crippen molar-refractivity contribution in [2.24, 2.45) is 0 Å². The van der Waals surface area contributed by atoms with Crippen molar-refractivity contribution < 1.29 is 4.42 Å². The first-order valence-corrected chi connectivity index (χ1v) is 22.8. The van der Waals surface area contributed by atoms with Gasteiger partial charge in [-0.05, 0) is 133 Å². The number of benzene rings is 6. The molecule has 0 N–H and O–H groups in total. The normalized spacial score (nSPS) is 12.5.